The van der Waals surface area contributed by atoms with Crippen LogP contribution in [0.4, 0.5) is 0 Å². The van der Waals surface area contributed by atoms with Gasteiger partial charge in [0.05, 0.1) is 5.71 Å². The third kappa shape index (κ3) is 3.79. The van der Waals surface area contributed by atoms with Gasteiger partial charge in [-0.05, 0) is 74.7 Å². The van der Waals surface area contributed by atoms with Crippen molar-refractivity contribution in [3.05, 3.63) is 0 Å². The first-order valence-corrected chi connectivity index (χ1v) is 12.5. The maximum Gasteiger partial charge on any atom is 0.303 e. The van der Waals surface area contributed by atoms with Crippen LogP contribution in [0.2, 0.25) is 0 Å². The Kier molecular flexibility index (Phi) is 6.68. The highest BCUT2D eigenvalue weighted by atomic mass is 35.5. The third-order valence-corrected chi connectivity index (χ3v) is 9.89. The van der Waals surface area contributed by atoms with Crippen molar-refractivity contribution >= 4 is 29.9 Å². The van der Waals surface area contributed by atoms with Gasteiger partial charge in [-0.2, -0.15) is 0 Å². The molecule has 0 aromatic heterocycles. The molecule has 6 nitrogen and oxygen atoms in total. The first-order chi connectivity index (χ1) is 14.8. The van der Waals surface area contributed by atoms with E-state index in [2.05, 4.69) is 24.3 Å². The Morgan fingerprint density at radius 1 is 1.03 bits per heavy atom. The summed E-state index contributed by atoms with van der Waals surface area (Å²) in [6.45, 7) is 7.98. The van der Waals surface area contributed by atoms with Crippen LogP contribution in [0.3, 0.4) is 0 Å². The predicted molar refractivity (Wildman–Crippen MR) is 125 cm³/mol. The normalized spacial score (nSPS) is 46.6. The molecule has 0 bridgehead atoms. The molecule has 1 unspecified atom stereocenters. The Labute approximate surface area is 198 Å². The van der Waals surface area contributed by atoms with Gasteiger partial charge in [0.15, 0.2) is 0 Å². The number of carbonyl (C=O) groups is 2. The van der Waals surface area contributed by atoms with Crippen LogP contribution >= 0.6 is 12.4 Å². The fourth-order valence-electron chi connectivity index (χ4n) is 8.18. The van der Waals surface area contributed by atoms with E-state index in [1.54, 1.807) is 0 Å². The van der Waals surface area contributed by atoms with Crippen molar-refractivity contribution in [1.29, 1.82) is 0 Å². The average molecular weight is 467 g/mol. The van der Waals surface area contributed by atoms with E-state index in [1.165, 1.54) is 6.92 Å². The monoisotopic (exact) mass is 466 g/mol. The smallest absolute Gasteiger partial charge is 0.303 e. The van der Waals surface area contributed by atoms with Crippen molar-refractivity contribution in [2.45, 2.75) is 90.8 Å². The molecule has 1 aliphatic heterocycles. The molecule has 4 saturated carbocycles. The number of rotatable bonds is 3. The minimum absolute atomic E-state index is 0. The summed E-state index contributed by atoms with van der Waals surface area (Å²) in [5.41, 5.74) is 0.952. The number of oxime groups is 1. The number of hydrogen-bond acceptors (Lipinski definition) is 6. The van der Waals surface area contributed by atoms with E-state index in [4.69, 9.17) is 9.57 Å². The molecule has 4 aliphatic carbocycles. The predicted octanol–water partition coefficient (Wildman–Crippen LogP) is 4.30. The van der Waals surface area contributed by atoms with Gasteiger partial charge >= 0.3 is 5.97 Å². The van der Waals surface area contributed by atoms with Crippen molar-refractivity contribution in [3.8, 4) is 0 Å². The number of nitrogens with one attached hydrogen (secondary N) is 1. The summed E-state index contributed by atoms with van der Waals surface area (Å²) in [7, 11) is 0. The maximum atomic E-state index is 12.7. The molecule has 5 aliphatic rings. The van der Waals surface area contributed by atoms with E-state index in [-0.39, 0.29) is 47.3 Å². The summed E-state index contributed by atoms with van der Waals surface area (Å²) in [4.78, 5) is 30.6. The quantitative estimate of drug-likeness (QED) is 0.495. The van der Waals surface area contributed by atoms with Crippen molar-refractivity contribution < 1.29 is 19.2 Å². The molecule has 7 heteroatoms. The Bertz CT molecular complexity index is 782. The molecule has 0 radical (unpaired) electrons. The maximum absolute atomic E-state index is 12.7. The number of halogens is 1. The van der Waals surface area contributed by atoms with Crippen LogP contribution in [0, 0.1) is 34.5 Å². The van der Waals surface area contributed by atoms with Crippen LogP contribution in [-0.4, -0.2) is 42.8 Å². The van der Waals surface area contributed by atoms with Gasteiger partial charge in [0, 0.05) is 37.6 Å². The SMILES string of the molecule is CC(=O)O[C@@H]1/C(=N/O[C@@H]2CCNC2)CC[C@@]2(C)C1CC[C@@H]1[C@@H]2CC[C@]2(C)C(=O)CC[C@@H]12.Cl. The second-order valence-electron chi connectivity index (χ2n) is 11.3. The summed E-state index contributed by atoms with van der Waals surface area (Å²) >= 11 is 0. The zero-order valence-corrected chi connectivity index (χ0v) is 20.5. The highest BCUT2D eigenvalue weighted by molar-refractivity contribution is 5.91. The molecule has 8 atom stereocenters. The molecule has 32 heavy (non-hydrogen) atoms. The van der Waals surface area contributed by atoms with Crippen LogP contribution < -0.4 is 5.32 Å². The second kappa shape index (κ2) is 8.90. The van der Waals surface area contributed by atoms with Gasteiger partial charge < -0.3 is 14.9 Å². The van der Waals surface area contributed by atoms with Crippen LogP contribution in [0.15, 0.2) is 5.16 Å². The Morgan fingerprint density at radius 3 is 2.56 bits per heavy atom. The van der Waals surface area contributed by atoms with Gasteiger partial charge in [-0.15, -0.1) is 12.4 Å². The molecule has 180 valence electrons. The Morgan fingerprint density at radius 2 is 1.84 bits per heavy atom. The lowest BCUT2D eigenvalue weighted by atomic mass is 9.45. The number of nitrogens with zero attached hydrogens (tertiary/aromatic N) is 1. The van der Waals surface area contributed by atoms with E-state index in [0.717, 1.165) is 76.6 Å². The number of fused-ring (bicyclic) bond motifs is 5. The van der Waals surface area contributed by atoms with Crippen molar-refractivity contribution in [3.63, 3.8) is 0 Å². The summed E-state index contributed by atoms with van der Waals surface area (Å²) in [5, 5.41) is 7.86. The topological polar surface area (TPSA) is 77.0 Å². The molecular formula is C25H39ClN2O4. The first-order valence-electron chi connectivity index (χ1n) is 12.5. The first kappa shape index (κ1) is 24.0. The van der Waals surface area contributed by atoms with Crippen LogP contribution in [0.5, 0.6) is 0 Å². The van der Waals surface area contributed by atoms with Gasteiger partial charge in [-0.3, -0.25) is 9.59 Å². The van der Waals surface area contributed by atoms with Crippen molar-refractivity contribution in [2.75, 3.05) is 13.1 Å². The van der Waals surface area contributed by atoms with Crippen LogP contribution in [0.25, 0.3) is 0 Å². The standard InChI is InChI=1S/C25H38N2O4.ClH/c1-15(28)30-23-20-5-4-17-18-6-7-22(29)25(18,3)11-8-19(17)24(20,2)12-9-21(23)27-31-16-10-13-26-14-16;/h16-20,23,26H,4-14H2,1-3H3;1H/b27-21+;/t16-,17+,18+,19+,20?,23+,24-,25+;/m1./s1. The number of carbonyl (C=O) groups excluding carboxylic acids is 2. The van der Waals surface area contributed by atoms with Crippen LogP contribution in [-0.2, 0) is 19.2 Å². The average Bonchev–Trinajstić information content (AvgIpc) is 3.35. The van der Waals surface area contributed by atoms with E-state index >= 15 is 0 Å². The molecule has 1 heterocycles. The van der Waals surface area contributed by atoms with Gasteiger partial charge in [0.2, 0.25) is 0 Å². The fourth-order valence-corrected chi connectivity index (χ4v) is 8.18. The van der Waals surface area contributed by atoms with E-state index < -0.39 is 0 Å². The van der Waals surface area contributed by atoms with Gasteiger partial charge in [0.25, 0.3) is 0 Å². The lowest BCUT2D eigenvalue weighted by Crippen LogP contribution is -2.58. The highest BCUT2D eigenvalue weighted by Gasteiger charge is 2.62. The van der Waals surface area contributed by atoms with E-state index in [0.29, 0.717) is 23.5 Å². The minimum atomic E-state index is -0.273. The molecule has 5 rings (SSSR count). The largest absolute Gasteiger partial charge is 0.456 e. The van der Waals surface area contributed by atoms with Crippen LogP contribution in [0.1, 0.15) is 78.6 Å². The highest BCUT2D eigenvalue weighted by Crippen LogP contribution is 2.65. The molecule has 0 aromatic rings. The molecule has 1 N–H and O–H groups in total. The number of esters is 1. The van der Waals surface area contributed by atoms with E-state index in [1.807, 2.05) is 0 Å². The second-order valence-corrected chi connectivity index (χ2v) is 11.3. The van der Waals surface area contributed by atoms with Crippen molar-refractivity contribution in [2.24, 2.45) is 39.7 Å². The molecular weight excluding hydrogens is 428 g/mol. The van der Waals surface area contributed by atoms with Gasteiger partial charge in [-0.1, -0.05) is 19.0 Å². The molecule has 0 spiro atoms. The lowest BCUT2D eigenvalue weighted by Gasteiger charge is -2.60. The third-order valence-electron chi connectivity index (χ3n) is 9.89. The summed E-state index contributed by atoms with van der Waals surface area (Å²) in [6, 6.07) is 0. The molecule has 0 aromatic carbocycles. The zero-order valence-electron chi connectivity index (χ0n) is 19.7. The van der Waals surface area contributed by atoms with Gasteiger partial charge in [-0.25, -0.2) is 0 Å². The van der Waals surface area contributed by atoms with Crippen molar-refractivity contribution in [1.82, 2.24) is 5.32 Å². The Hall–Kier alpha value is -1.14. The summed E-state index contributed by atoms with van der Waals surface area (Å²) in [6.07, 6.45) is 8.88. The van der Waals surface area contributed by atoms with Gasteiger partial charge in [0.1, 0.15) is 18.0 Å². The number of hydrogen-bond donors (Lipinski definition) is 1. The minimum Gasteiger partial charge on any atom is -0.456 e. The summed E-state index contributed by atoms with van der Waals surface area (Å²) < 4.78 is 5.94. The Balaban J connectivity index is 0.00000245. The number of Topliss-reactive ketones (excluding diaryl/α,β-unsaturated/α-hetero) is 1. The number of ketones is 1. The molecule has 1 saturated heterocycles. The fraction of sp³-hybridized carbons (Fsp3) is 0.880. The summed E-state index contributed by atoms with van der Waals surface area (Å²) in [5.74, 6) is 2.33. The number of ether oxygens (including phenoxy) is 1. The molecule has 0 amide bonds. The molecule has 5 fully saturated rings. The lowest BCUT2D eigenvalue weighted by molar-refractivity contribution is -0.161. The zero-order chi connectivity index (χ0) is 21.8. The van der Waals surface area contributed by atoms with E-state index in [9.17, 15) is 9.59 Å².